The molecule has 94 valence electrons. The molecule has 0 radical (unpaired) electrons. The molecule has 1 heterocycles. The Balaban J connectivity index is 2.11. The number of hydrogen-bond donors (Lipinski definition) is 2. The summed E-state index contributed by atoms with van der Waals surface area (Å²) in [6.07, 6.45) is 0. The average molecular weight is 373 g/mol. The van der Waals surface area contributed by atoms with Crippen LogP contribution in [-0.4, -0.2) is 11.1 Å². The van der Waals surface area contributed by atoms with Crippen LogP contribution < -0.4 is 5.32 Å². The third-order valence-corrected chi connectivity index (χ3v) is 4.60. The molecule has 0 spiro atoms. The lowest BCUT2D eigenvalue weighted by molar-refractivity contribution is 0.0702. The summed E-state index contributed by atoms with van der Waals surface area (Å²) in [5, 5.41) is 12.3. The molecule has 0 fully saturated rings. The molecule has 3 nitrogen and oxygen atoms in total. The van der Waals surface area contributed by atoms with E-state index in [9.17, 15) is 4.79 Å². The summed E-state index contributed by atoms with van der Waals surface area (Å²) in [7, 11) is 0. The number of nitrogens with one attached hydrogen (secondary N) is 1. The predicted molar refractivity (Wildman–Crippen MR) is 82.5 cm³/mol. The summed E-state index contributed by atoms with van der Waals surface area (Å²) in [4.78, 5) is 12.3. The molecule has 2 rings (SSSR count). The van der Waals surface area contributed by atoms with Crippen LogP contribution in [0.1, 0.15) is 20.1 Å². The summed E-state index contributed by atoms with van der Waals surface area (Å²) < 4.78 is 1.15. The van der Waals surface area contributed by atoms with Gasteiger partial charge < -0.3 is 10.4 Å². The molecule has 1 aromatic heterocycles. The first-order valence-electron chi connectivity index (χ1n) is 5.39. The highest BCUT2D eigenvalue weighted by atomic mass is 127. The van der Waals surface area contributed by atoms with E-state index in [1.807, 2.05) is 31.2 Å². The largest absolute Gasteiger partial charge is 0.477 e. The van der Waals surface area contributed by atoms with E-state index >= 15 is 0 Å². The fraction of sp³-hybridized carbons (Fsp3) is 0.154. The molecule has 18 heavy (non-hydrogen) atoms. The number of anilines is 1. The van der Waals surface area contributed by atoms with Gasteiger partial charge in [0.05, 0.1) is 0 Å². The van der Waals surface area contributed by atoms with Gasteiger partial charge in [0.2, 0.25) is 0 Å². The summed E-state index contributed by atoms with van der Waals surface area (Å²) >= 11 is 3.59. The third-order valence-electron chi connectivity index (χ3n) is 2.57. The fourth-order valence-corrected chi connectivity index (χ4v) is 3.05. The molecule has 5 heteroatoms. The van der Waals surface area contributed by atoms with E-state index in [0.717, 1.165) is 19.7 Å². The van der Waals surface area contributed by atoms with Crippen LogP contribution in [0.5, 0.6) is 0 Å². The second-order valence-electron chi connectivity index (χ2n) is 3.83. The van der Waals surface area contributed by atoms with Gasteiger partial charge in [-0.1, -0.05) is 12.1 Å². The Labute approximate surface area is 123 Å². The molecule has 2 aromatic rings. The first-order chi connectivity index (χ1) is 8.58. The summed E-state index contributed by atoms with van der Waals surface area (Å²) in [6, 6.07) is 9.76. The number of para-hydroxylation sites is 1. The molecule has 0 atom stereocenters. The zero-order valence-corrected chi connectivity index (χ0v) is 12.7. The lowest BCUT2D eigenvalue weighted by atomic mass is 10.2. The Morgan fingerprint density at radius 2 is 2.17 bits per heavy atom. The number of halogens is 1. The van der Waals surface area contributed by atoms with Crippen LogP contribution in [0.25, 0.3) is 0 Å². The van der Waals surface area contributed by atoms with Crippen LogP contribution in [0.2, 0.25) is 0 Å². The number of hydrogen-bond acceptors (Lipinski definition) is 3. The average Bonchev–Trinajstić information content (AvgIpc) is 2.70. The molecule has 1 aromatic carbocycles. The maximum absolute atomic E-state index is 10.9. The number of carboxylic acids is 1. The van der Waals surface area contributed by atoms with Gasteiger partial charge in [-0.2, -0.15) is 0 Å². The number of aryl methyl sites for hydroxylation is 1. The predicted octanol–water partition coefficient (Wildman–Crippen LogP) is 3.97. The number of aromatic carboxylic acids is 1. The monoisotopic (exact) mass is 373 g/mol. The maximum atomic E-state index is 10.9. The molecular weight excluding hydrogens is 361 g/mol. The molecule has 0 unspecified atom stereocenters. The van der Waals surface area contributed by atoms with Gasteiger partial charge in [-0.25, -0.2) is 4.79 Å². The van der Waals surface area contributed by atoms with Gasteiger partial charge in [-0.15, -0.1) is 11.3 Å². The van der Waals surface area contributed by atoms with Crippen molar-refractivity contribution >= 4 is 45.6 Å². The highest BCUT2D eigenvalue weighted by molar-refractivity contribution is 14.1. The highest BCUT2D eigenvalue weighted by Crippen LogP contribution is 2.24. The maximum Gasteiger partial charge on any atom is 0.345 e. The Hall–Kier alpha value is -1.08. The topological polar surface area (TPSA) is 49.3 Å². The van der Waals surface area contributed by atoms with E-state index in [-0.39, 0.29) is 0 Å². The van der Waals surface area contributed by atoms with Crippen molar-refractivity contribution in [2.75, 3.05) is 5.32 Å². The first kappa shape index (κ1) is 13.4. The molecule has 0 amide bonds. The zero-order valence-electron chi connectivity index (χ0n) is 9.74. The van der Waals surface area contributed by atoms with E-state index in [1.165, 1.54) is 11.3 Å². The number of benzene rings is 1. The minimum absolute atomic E-state index is 0.395. The van der Waals surface area contributed by atoms with Crippen molar-refractivity contribution in [3.05, 3.63) is 49.2 Å². The van der Waals surface area contributed by atoms with E-state index in [4.69, 9.17) is 5.11 Å². The smallest absolute Gasteiger partial charge is 0.345 e. The Morgan fingerprint density at radius 1 is 1.44 bits per heavy atom. The molecular formula is C13H12INO2S. The van der Waals surface area contributed by atoms with Crippen LogP contribution in [-0.2, 0) is 6.54 Å². The van der Waals surface area contributed by atoms with Gasteiger partial charge in [0, 0.05) is 20.7 Å². The quantitative estimate of drug-likeness (QED) is 0.798. The van der Waals surface area contributed by atoms with Crippen LogP contribution in [0.15, 0.2) is 30.3 Å². The highest BCUT2D eigenvalue weighted by Gasteiger charge is 2.10. The van der Waals surface area contributed by atoms with Crippen LogP contribution in [0.4, 0.5) is 5.69 Å². The minimum Gasteiger partial charge on any atom is -0.477 e. The van der Waals surface area contributed by atoms with Crippen molar-refractivity contribution < 1.29 is 9.90 Å². The lowest BCUT2D eigenvalue weighted by Crippen LogP contribution is -2.01. The number of rotatable bonds is 4. The Bertz CT molecular complexity index is 580. The van der Waals surface area contributed by atoms with Gasteiger partial charge in [-0.3, -0.25) is 0 Å². The van der Waals surface area contributed by atoms with E-state index < -0.39 is 5.97 Å². The third kappa shape index (κ3) is 3.02. The SMILES string of the molecule is Cc1sc(C(=O)O)cc1CNc1ccccc1I. The van der Waals surface area contributed by atoms with E-state index in [2.05, 4.69) is 27.9 Å². The second kappa shape index (κ2) is 5.71. The summed E-state index contributed by atoms with van der Waals surface area (Å²) in [5.74, 6) is -0.858. The summed E-state index contributed by atoms with van der Waals surface area (Å²) in [5.41, 5.74) is 2.11. The minimum atomic E-state index is -0.858. The number of carboxylic acid groups (broad SMARTS) is 1. The van der Waals surface area contributed by atoms with Crippen LogP contribution >= 0.6 is 33.9 Å². The number of thiophene rings is 1. The first-order valence-corrected chi connectivity index (χ1v) is 7.28. The standard InChI is InChI=1S/C13H12INO2S/c1-8-9(6-12(18-8)13(16)17)7-15-11-5-3-2-4-10(11)14/h2-6,15H,7H2,1H3,(H,16,17). The van der Waals surface area contributed by atoms with Crippen LogP contribution in [0, 0.1) is 10.5 Å². The molecule has 0 bridgehead atoms. The number of carbonyl (C=O) groups is 1. The van der Waals surface area contributed by atoms with E-state index in [0.29, 0.717) is 11.4 Å². The molecule has 2 N–H and O–H groups in total. The lowest BCUT2D eigenvalue weighted by Gasteiger charge is -2.07. The Morgan fingerprint density at radius 3 is 2.78 bits per heavy atom. The van der Waals surface area contributed by atoms with Crippen molar-refractivity contribution in [3.8, 4) is 0 Å². The summed E-state index contributed by atoms with van der Waals surface area (Å²) in [6.45, 7) is 2.60. The van der Waals surface area contributed by atoms with Gasteiger partial charge >= 0.3 is 5.97 Å². The van der Waals surface area contributed by atoms with Gasteiger partial charge in [0.15, 0.2) is 0 Å². The molecule has 0 aliphatic heterocycles. The zero-order chi connectivity index (χ0) is 13.1. The van der Waals surface area contributed by atoms with Crippen molar-refractivity contribution in [3.63, 3.8) is 0 Å². The molecule has 0 saturated carbocycles. The van der Waals surface area contributed by atoms with E-state index in [1.54, 1.807) is 6.07 Å². The van der Waals surface area contributed by atoms with Gasteiger partial charge in [0.1, 0.15) is 4.88 Å². The van der Waals surface area contributed by atoms with Crippen molar-refractivity contribution in [1.29, 1.82) is 0 Å². The molecule has 0 aliphatic carbocycles. The normalized spacial score (nSPS) is 10.3. The van der Waals surface area contributed by atoms with Crippen LogP contribution in [0.3, 0.4) is 0 Å². The van der Waals surface area contributed by atoms with Crippen molar-refractivity contribution in [1.82, 2.24) is 0 Å². The van der Waals surface area contributed by atoms with Gasteiger partial charge in [-0.05, 0) is 53.3 Å². The second-order valence-corrected chi connectivity index (χ2v) is 6.25. The van der Waals surface area contributed by atoms with Crippen molar-refractivity contribution in [2.45, 2.75) is 13.5 Å². The molecule has 0 aliphatic rings. The fourth-order valence-electron chi connectivity index (χ4n) is 1.60. The Kier molecular flexibility index (Phi) is 4.23. The van der Waals surface area contributed by atoms with Crippen molar-refractivity contribution in [2.24, 2.45) is 0 Å². The molecule has 0 saturated heterocycles. The van der Waals surface area contributed by atoms with Gasteiger partial charge in [0.25, 0.3) is 0 Å².